The molecule has 1 aromatic rings. The minimum absolute atomic E-state index is 0.401. The molecule has 0 aliphatic heterocycles. The van der Waals surface area contributed by atoms with Gasteiger partial charge in [-0.25, -0.2) is 4.79 Å². The van der Waals surface area contributed by atoms with Crippen molar-refractivity contribution in [3.05, 3.63) is 83.6 Å². The molecule has 34 heavy (non-hydrogen) atoms. The van der Waals surface area contributed by atoms with E-state index in [0.29, 0.717) is 31.8 Å². The number of carbonyl (C=O) groups is 1. The molecule has 2 atom stereocenters. The Balaban J connectivity index is 3.20. The van der Waals surface area contributed by atoms with Gasteiger partial charge in [0, 0.05) is 27.2 Å². The van der Waals surface area contributed by atoms with E-state index in [1.165, 1.54) is 0 Å². The molecule has 1 aromatic carbocycles. The predicted molar refractivity (Wildman–Crippen MR) is 141 cm³/mol. The second kappa shape index (κ2) is 15.8. The second-order valence-electron chi connectivity index (χ2n) is 7.93. The maximum atomic E-state index is 13.0. The number of rotatable bonds is 14. The molecule has 0 spiro atoms. The molecule has 186 valence electrons. The van der Waals surface area contributed by atoms with Crippen molar-refractivity contribution in [3.63, 3.8) is 0 Å². The van der Waals surface area contributed by atoms with Crippen molar-refractivity contribution in [1.82, 2.24) is 16.0 Å². The zero-order chi connectivity index (χ0) is 25.5. The quantitative estimate of drug-likeness (QED) is 0.191. The third kappa shape index (κ3) is 9.47. The minimum atomic E-state index is -0.745. The first-order chi connectivity index (χ1) is 16.3. The van der Waals surface area contributed by atoms with Crippen LogP contribution in [0.5, 0.6) is 0 Å². The highest BCUT2D eigenvalue weighted by Crippen LogP contribution is 2.20. The van der Waals surface area contributed by atoms with Gasteiger partial charge in [0.05, 0.1) is 30.2 Å². The Kier molecular flexibility index (Phi) is 13.5. The van der Waals surface area contributed by atoms with Crippen molar-refractivity contribution in [1.29, 1.82) is 0 Å². The Morgan fingerprint density at radius 2 is 1.97 bits per heavy atom. The molecule has 4 N–H and O–H groups in total. The summed E-state index contributed by atoms with van der Waals surface area (Å²) in [5.74, 6) is 0. The number of carbonyl (C=O) groups excluding carboxylic acids is 1. The molecule has 0 aliphatic rings. The molecule has 0 radical (unpaired) electrons. The van der Waals surface area contributed by atoms with Crippen molar-refractivity contribution < 1.29 is 14.6 Å². The lowest BCUT2D eigenvalue weighted by atomic mass is 9.95. The van der Waals surface area contributed by atoms with Gasteiger partial charge in [0.1, 0.15) is 0 Å². The van der Waals surface area contributed by atoms with Crippen LogP contribution in [-0.4, -0.2) is 62.8 Å². The van der Waals surface area contributed by atoms with Crippen LogP contribution in [0.4, 0.5) is 4.79 Å². The van der Waals surface area contributed by atoms with Gasteiger partial charge in [-0.2, -0.15) is 0 Å². The average Bonchev–Trinajstić information content (AvgIpc) is 2.82. The van der Waals surface area contributed by atoms with Gasteiger partial charge in [-0.15, -0.1) is 0 Å². The van der Waals surface area contributed by atoms with E-state index in [4.69, 9.17) is 4.74 Å². The molecule has 0 aromatic heterocycles. The average molecular weight is 469 g/mol. The first-order valence-corrected chi connectivity index (χ1v) is 11.4. The van der Waals surface area contributed by atoms with E-state index >= 15 is 0 Å². The molecule has 0 saturated heterocycles. The Bertz CT molecular complexity index is 902. The van der Waals surface area contributed by atoms with E-state index in [1.54, 1.807) is 27.2 Å². The number of amides is 2. The van der Waals surface area contributed by atoms with E-state index in [9.17, 15) is 9.90 Å². The van der Waals surface area contributed by atoms with Crippen molar-refractivity contribution in [2.24, 2.45) is 4.99 Å². The SMILES string of the molecule is C=CC(=C\C)/C(=N/C)C(/C)=C(/NC(=O)N[C@H](CNCCOC)[C@H](C)O)C(=C)Cc1ccccc1. The highest BCUT2D eigenvalue weighted by atomic mass is 16.5. The molecule has 0 heterocycles. The van der Waals surface area contributed by atoms with E-state index in [1.807, 2.05) is 50.3 Å². The van der Waals surface area contributed by atoms with Gasteiger partial charge >= 0.3 is 6.03 Å². The van der Waals surface area contributed by atoms with Gasteiger partial charge in [-0.3, -0.25) is 4.99 Å². The summed E-state index contributed by atoms with van der Waals surface area (Å²) in [5.41, 5.74) is 4.76. The zero-order valence-corrected chi connectivity index (χ0v) is 21.1. The molecule has 0 saturated carbocycles. The van der Waals surface area contributed by atoms with Crippen LogP contribution in [0, 0.1) is 0 Å². The lowest BCUT2D eigenvalue weighted by Crippen LogP contribution is -2.51. The third-order valence-corrected chi connectivity index (χ3v) is 5.36. The molecule has 0 bridgehead atoms. The summed E-state index contributed by atoms with van der Waals surface area (Å²) in [4.78, 5) is 17.4. The van der Waals surface area contributed by atoms with E-state index in [-0.39, 0.29) is 0 Å². The van der Waals surface area contributed by atoms with Crippen molar-refractivity contribution in [3.8, 4) is 0 Å². The number of hydrogen-bond donors (Lipinski definition) is 4. The van der Waals surface area contributed by atoms with Crippen LogP contribution >= 0.6 is 0 Å². The maximum absolute atomic E-state index is 13.0. The number of aliphatic hydroxyl groups is 1. The lowest BCUT2D eigenvalue weighted by Gasteiger charge is -2.24. The first-order valence-electron chi connectivity index (χ1n) is 11.4. The molecule has 7 heteroatoms. The van der Waals surface area contributed by atoms with Crippen LogP contribution < -0.4 is 16.0 Å². The van der Waals surface area contributed by atoms with Crippen LogP contribution in [0.3, 0.4) is 0 Å². The summed E-state index contributed by atoms with van der Waals surface area (Å²) in [6, 6.07) is 9.01. The highest BCUT2D eigenvalue weighted by molar-refractivity contribution is 6.14. The number of benzene rings is 1. The highest BCUT2D eigenvalue weighted by Gasteiger charge is 2.20. The van der Waals surface area contributed by atoms with Crippen molar-refractivity contribution in [2.75, 3.05) is 33.9 Å². The Labute approximate surface area is 204 Å². The topological polar surface area (TPSA) is 95.0 Å². The zero-order valence-electron chi connectivity index (χ0n) is 21.1. The summed E-state index contributed by atoms with van der Waals surface area (Å²) < 4.78 is 5.03. The molecule has 2 amide bonds. The van der Waals surface area contributed by atoms with Crippen molar-refractivity contribution >= 4 is 11.7 Å². The standard InChI is InChI=1S/C27H40N4O3/c1-8-23(9-2)26(28-6)20(4)25(19(3)17-22-13-11-10-12-14-22)31-27(33)30-24(21(5)32)18-29-15-16-34-7/h8-14,21,24,29,32H,1,3,15-18H2,2,4-7H3,(H2,30,31,33)/b23-9+,25-20+,28-26+/t21-,24+/m0/s1. The molecule has 1 rings (SSSR count). The number of methoxy groups -OCH3 is 1. The molecule has 0 fully saturated rings. The molecule has 7 nitrogen and oxygen atoms in total. The first kappa shape index (κ1) is 29.0. The lowest BCUT2D eigenvalue weighted by molar-refractivity contribution is 0.141. The van der Waals surface area contributed by atoms with Crippen LogP contribution in [0.1, 0.15) is 26.3 Å². The summed E-state index contributed by atoms with van der Waals surface area (Å²) >= 11 is 0. The fourth-order valence-corrected chi connectivity index (χ4v) is 3.45. The number of nitrogens with one attached hydrogen (secondary N) is 3. The molecular weight excluding hydrogens is 428 g/mol. The predicted octanol–water partition coefficient (Wildman–Crippen LogP) is 3.55. The third-order valence-electron chi connectivity index (χ3n) is 5.36. The smallest absolute Gasteiger partial charge is 0.319 e. The van der Waals surface area contributed by atoms with Gasteiger partial charge in [0.15, 0.2) is 0 Å². The molecule has 0 aliphatic carbocycles. The summed E-state index contributed by atoms with van der Waals surface area (Å²) in [6.45, 7) is 15.2. The second-order valence-corrected chi connectivity index (χ2v) is 7.93. The molecular formula is C27H40N4O3. The Morgan fingerprint density at radius 1 is 1.29 bits per heavy atom. The maximum Gasteiger partial charge on any atom is 0.319 e. The number of aliphatic imine (C=N–C) groups is 1. The Morgan fingerprint density at radius 3 is 2.50 bits per heavy atom. The van der Waals surface area contributed by atoms with E-state index in [2.05, 4.69) is 34.1 Å². The van der Waals surface area contributed by atoms with Gasteiger partial charge in [0.25, 0.3) is 0 Å². The van der Waals surface area contributed by atoms with E-state index < -0.39 is 18.2 Å². The number of urea groups is 1. The monoisotopic (exact) mass is 468 g/mol. The van der Waals surface area contributed by atoms with Crippen LogP contribution in [-0.2, 0) is 11.2 Å². The van der Waals surface area contributed by atoms with Gasteiger partial charge < -0.3 is 25.8 Å². The fourth-order valence-electron chi connectivity index (χ4n) is 3.45. The normalized spacial score (nSPS) is 14.6. The minimum Gasteiger partial charge on any atom is -0.391 e. The Hall–Kier alpha value is -3.00. The summed E-state index contributed by atoms with van der Waals surface area (Å²) in [7, 11) is 3.33. The largest absolute Gasteiger partial charge is 0.391 e. The number of nitrogens with zero attached hydrogens (tertiary/aromatic N) is 1. The molecule has 0 unspecified atom stereocenters. The van der Waals surface area contributed by atoms with E-state index in [0.717, 1.165) is 28.0 Å². The number of aliphatic hydroxyl groups excluding tert-OH is 1. The fraction of sp³-hybridized carbons (Fsp3) is 0.407. The van der Waals surface area contributed by atoms with Crippen LogP contribution in [0.25, 0.3) is 0 Å². The van der Waals surface area contributed by atoms with Crippen LogP contribution in [0.2, 0.25) is 0 Å². The summed E-state index contributed by atoms with van der Waals surface area (Å²) in [6.07, 6.45) is 3.47. The van der Waals surface area contributed by atoms with Crippen LogP contribution in [0.15, 0.2) is 83.1 Å². The summed E-state index contributed by atoms with van der Waals surface area (Å²) in [5, 5.41) is 19.1. The van der Waals surface area contributed by atoms with Gasteiger partial charge in [0.2, 0.25) is 0 Å². The van der Waals surface area contributed by atoms with Crippen molar-refractivity contribution in [2.45, 2.75) is 39.3 Å². The number of hydrogen-bond acceptors (Lipinski definition) is 5. The van der Waals surface area contributed by atoms with Gasteiger partial charge in [-0.05, 0) is 49.5 Å². The number of allylic oxidation sites excluding steroid dienone is 5. The van der Waals surface area contributed by atoms with Gasteiger partial charge in [-0.1, -0.05) is 55.6 Å². The number of ether oxygens (including phenoxy) is 1.